The van der Waals surface area contributed by atoms with Gasteiger partial charge in [-0.1, -0.05) is 50.9 Å². The Morgan fingerprint density at radius 3 is 2.48 bits per heavy atom. The predicted molar refractivity (Wildman–Crippen MR) is 83.9 cm³/mol. The summed E-state index contributed by atoms with van der Waals surface area (Å²) < 4.78 is 14.1. The van der Waals surface area contributed by atoms with Crippen LogP contribution in [0.2, 0.25) is 0 Å². The molecule has 0 radical (unpaired) electrons. The Hall–Kier alpha value is -1.62. The summed E-state index contributed by atoms with van der Waals surface area (Å²) in [4.78, 5) is 2.25. The highest BCUT2D eigenvalue weighted by Gasteiger charge is 2.13. The van der Waals surface area contributed by atoms with Gasteiger partial charge in [0.2, 0.25) is 0 Å². The molecule has 4 nitrogen and oxygen atoms in total. The van der Waals surface area contributed by atoms with E-state index in [0.717, 1.165) is 25.9 Å². The zero-order valence-electron chi connectivity index (χ0n) is 13.1. The van der Waals surface area contributed by atoms with Crippen molar-refractivity contribution in [3.8, 4) is 0 Å². The molecule has 0 aliphatic rings. The molecule has 0 spiro atoms. The van der Waals surface area contributed by atoms with Crippen LogP contribution in [0.5, 0.6) is 0 Å². The van der Waals surface area contributed by atoms with E-state index in [0.29, 0.717) is 23.6 Å². The molecule has 0 bridgehead atoms. The first-order valence-corrected chi connectivity index (χ1v) is 7.54. The van der Waals surface area contributed by atoms with Crippen molar-refractivity contribution < 1.29 is 9.60 Å². The minimum Gasteiger partial charge on any atom is -0.409 e. The molecule has 0 unspecified atom stereocenters. The fraction of sp³-hybridized carbons (Fsp3) is 0.562. The molecular formula is C16H26FN3O. The van der Waals surface area contributed by atoms with Crippen molar-refractivity contribution in [1.29, 1.82) is 0 Å². The van der Waals surface area contributed by atoms with Crippen molar-refractivity contribution in [3.05, 3.63) is 35.1 Å². The minimum absolute atomic E-state index is 0.0789. The summed E-state index contributed by atoms with van der Waals surface area (Å²) >= 11 is 0. The summed E-state index contributed by atoms with van der Waals surface area (Å²) in [5.74, 6) is 0.247. The second-order valence-electron chi connectivity index (χ2n) is 5.30. The van der Waals surface area contributed by atoms with Gasteiger partial charge in [-0.25, -0.2) is 4.39 Å². The molecule has 0 saturated carbocycles. The van der Waals surface area contributed by atoms with Gasteiger partial charge in [-0.3, -0.25) is 4.90 Å². The average molecular weight is 295 g/mol. The van der Waals surface area contributed by atoms with Crippen molar-refractivity contribution >= 4 is 5.84 Å². The maximum Gasteiger partial charge on any atom is 0.170 e. The zero-order valence-corrected chi connectivity index (χ0v) is 13.1. The van der Waals surface area contributed by atoms with Gasteiger partial charge in [-0.05, 0) is 18.5 Å². The summed E-state index contributed by atoms with van der Waals surface area (Å²) in [6.07, 6.45) is 2.27. The molecule has 0 heterocycles. The molecule has 0 amide bonds. The average Bonchev–Trinajstić information content (AvgIpc) is 2.51. The molecule has 0 saturated heterocycles. The number of halogens is 1. The van der Waals surface area contributed by atoms with Crippen molar-refractivity contribution in [2.45, 2.75) is 40.2 Å². The van der Waals surface area contributed by atoms with E-state index in [1.54, 1.807) is 12.1 Å². The van der Waals surface area contributed by atoms with Crippen molar-refractivity contribution in [3.63, 3.8) is 0 Å². The number of hydrogen-bond donors (Lipinski definition) is 2. The van der Waals surface area contributed by atoms with E-state index in [1.165, 1.54) is 6.07 Å². The van der Waals surface area contributed by atoms with E-state index in [2.05, 4.69) is 30.8 Å². The summed E-state index contributed by atoms with van der Waals surface area (Å²) in [5.41, 5.74) is 6.49. The van der Waals surface area contributed by atoms with Gasteiger partial charge >= 0.3 is 0 Å². The second-order valence-corrected chi connectivity index (χ2v) is 5.30. The number of oxime groups is 1. The van der Waals surface area contributed by atoms with Crippen LogP contribution in [-0.4, -0.2) is 29.0 Å². The van der Waals surface area contributed by atoms with Gasteiger partial charge in [-0.15, -0.1) is 0 Å². The fourth-order valence-electron chi connectivity index (χ4n) is 2.35. The molecule has 0 aromatic heterocycles. The summed E-state index contributed by atoms with van der Waals surface area (Å²) in [6, 6.07) is 4.70. The summed E-state index contributed by atoms with van der Waals surface area (Å²) in [6.45, 7) is 8.91. The van der Waals surface area contributed by atoms with Crippen molar-refractivity contribution in [1.82, 2.24) is 4.90 Å². The maximum atomic E-state index is 14.1. The first kappa shape index (κ1) is 17.4. The lowest BCUT2D eigenvalue weighted by Gasteiger charge is -2.25. The van der Waals surface area contributed by atoms with Crippen LogP contribution in [-0.2, 0) is 6.54 Å². The van der Waals surface area contributed by atoms with Gasteiger partial charge in [-0.2, -0.15) is 0 Å². The van der Waals surface area contributed by atoms with Crippen molar-refractivity contribution in [2.24, 2.45) is 16.8 Å². The van der Waals surface area contributed by atoms with Crippen LogP contribution in [0, 0.1) is 11.7 Å². The van der Waals surface area contributed by atoms with Crippen LogP contribution in [0.15, 0.2) is 23.4 Å². The minimum atomic E-state index is -0.318. The second kappa shape index (κ2) is 8.62. The number of benzene rings is 1. The lowest BCUT2D eigenvalue weighted by molar-refractivity contribution is 0.223. The number of nitrogens with zero attached hydrogens (tertiary/aromatic N) is 2. The highest BCUT2D eigenvalue weighted by molar-refractivity contribution is 5.97. The highest BCUT2D eigenvalue weighted by atomic mass is 19.1. The number of rotatable bonds is 8. The lowest BCUT2D eigenvalue weighted by atomic mass is 10.0. The quantitative estimate of drug-likeness (QED) is 0.335. The first-order chi connectivity index (χ1) is 10.0. The molecule has 0 aliphatic carbocycles. The Balaban J connectivity index is 2.81. The van der Waals surface area contributed by atoms with E-state index in [4.69, 9.17) is 10.9 Å². The van der Waals surface area contributed by atoms with Crippen LogP contribution in [0.25, 0.3) is 0 Å². The molecule has 5 heteroatoms. The topological polar surface area (TPSA) is 61.8 Å². The fourth-order valence-corrected chi connectivity index (χ4v) is 2.35. The van der Waals surface area contributed by atoms with Crippen LogP contribution < -0.4 is 5.73 Å². The van der Waals surface area contributed by atoms with Crippen molar-refractivity contribution in [2.75, 3.05) is 13.1 Å². The Bertz CT molecular complexity index is 473. The van der Waals surface area contributed by atoms with E-state index in [-0.39, 0.29) is 11.7 Å². The molecule has 1 rings (SSSR count). The third-order valence-corrected chi connectivity index (χ3v) is 3.97. The molecule has 1 aromatic rings. The Labute approximate surface area is 126 Å². The molecule has 118 valence electrons. The number of hydrogen-bond acceptors (Lipinski definition) is 3. The molecule has 1 aromatic carbocycles. The van der Waals surface area contributed by atoms with E-state index in [9.17, 15) is 4.39 Å². The monoisotopic (exact) mass is 295 g/mol. The molecule has 3 N–H and O–H groups in total. The number of amidine groups is 1. The van der Waals surface area contributed by atoms with Gasteiger partial charge < -0.3 is 10.9 Å². The largest absolute Gasteiger partial charge is 0.409 e. The van der Waals surface area contributed by atoms with Crippen LogP contribution in [0.1, 0.15) is 44.7 Å². The third kappa shape index (κ3) is 5.01. The third-order valence-electron chi connectivity index (χ3n) is 3.97. The zero-order chi connectivity index (χ0) is 15.8. The van der Waals surface area contributed by atoms with Gasteiger partial charge in [0.1, 0.15) is 5.82 Å². The van der Waals surface area contributed by atoms with E-state index < -0.39 is 0 Å². The normalized spacial score (nSPS) is 12.4. The van der Waals surface area contributed by atoms with Crippen LogP contribution >= 0.6 is 0 Å². The molecule has 0 fully saturated rings. The maximum absolute atomic E-state index is 14.1. The van der Waals surface area contributed by atoms with Gasteiger partial charge in [0.05, 0.1) is 0 Å². The molecule has 0 aliphatic heterocycles. The highest BCUT2D eigenvalue weighted by Crippen LogP contribution is 2.16. The Kier molecular flexibility index (Phi) is 7.15. The predicted octanol–water partition coefficient (Wildman–Crippen LogP) is 3.18. The summed E-state index contributed by atoms with van der Waals surface area (Å²) in [5, 5.41) is 11.5. The molecule has 0 atom stereocenters. The van der Waals surface area contributed by atoms with E-state index >= 15 is 0 Å². The smallest absolute Gasteiger partial charge is 0.170 e. The summed E-state index contributed by atoms with van der Waals surface area (Å²) in [7, 11) is 0. The Morgan fingerprint density at radius 2 is 2.00 bits per heavy atom. The van der Waals surface area contributed by atoms with Gasteiger partial charge in [0, 0.05) is 24.2 Å². The molecular weight excluding hydrogens is 269 g/mol. The number of nitrogens with two attached hydrogens (primary N) is 1. The lowest BCUT2D eigenvalue weighted by Crippen LogP contribution is -2.29. The van der Waals surface area contributed by atoms with Crippen LogP contribution in [0.3, 0.4) is 0 Å². The van der Waals surface area contributed by atoms with Gasteiger partial charge in [0.15, 0.2) is 5.84 Å². The van der Waals surface area contributed by atoms with Gasteiger partial charge in [0.25, 0.3) is 0 Å². The van der Waals surface area contributed by atoms with E-state index in [1.807, 2.05) is 0 Å². The first-order valence-electron chi connectivity index (χ1n) is 7.54. The Morgan fingerprint density at radius 1 is 1.33 bits per heavy atom. The molecule has 21 heavy (non-hydrogen) atoms. The standard InChI is InChI=1S/C16H26FN3O/c1-4-12(5-2)10-20(6-3)11-14-8-7-13(9-15(14)17)16(18)19-21/h7-9,12,21H,4-6,10-11H2,1-3H3,(H2,18,19). The van der Waals surface area contributed by atoms with Crippen LogP contribution in [0.4, 0.5) is 4.39 Å². The SMILES string of the molecule is CCC(CC)CN(CC)Cc1ccc(C(N)=NO)cc1F.